The number of hydrogen-bond acceptors (Lipinski definition) is 7. The number of benzene rings is 1. The molecule has 2 aromatic heterocycles. The van der Waals surface area contributed by atoms with Gasteiger partial charge >= 0.3 is 6.03 Å². The van der Waals surface area contributed by atoms with Gasteiger partial charge in [-0.15, -0.1) is 0 Å². The lowest BCUT2D eigenvalue weighted by Crippen LogP contribution is -2.45. The van der Waals surface area contributed by atoms with Gasteiger partial charge in [0.1, 0.15) is 5.69 Å². The van der Waals surface area contributed by atoms with Crippen LogP contribution in [0.15, 0.2) is 45.8 Å². The van der Waals surface area contributed by atoms with Crippen LogP contribution >= 0.6 is 23.2 Å². The first-order valence-corrected chi connectivity index (χ1v) is 12.2. The van der Waals surface area contributed by atoms with Crippen molar-refractivity contribution in [3.63, 3.8) is 0 Å². The average Bonchev–Trinajstić information content (AvgIpc) is 3.59. The maximum atomic E-state index is 11.8. The van der Waals surface area contributed by atoms with Crippen molar-refractivity contribution >= 4 is 35.2 Å². The van der Waals surface area contributed by atoms with Crippen molar-refractivity contribution in [1.29, 1.82) is 0 Å². The lowest BCUT2D eigenvalue weighted by atomic mass is 10.1. The second-order valence-corrected chi connectivity index (χ2v) is 9.31. The Morgan fingerprint density at radius 3 is 2.54 bits per heavy atom. The highest BCUT2D eigenvalue weighted by Gasteiger charge is 2.30. The first kappa shape index (κ1) is 25.0. The van der Waals surface area contributed by atoms with Gasteiger partial charge in [0.25, 0.3) is 5.56 Å². The third-order valence-corrected chi connectivity index (χ3v) is 6.06. The molecule has 0 bridgehead atoms. The largest absolute Gasteiger partial charge is 0.359 e. The summed E-state index contributed by atoms with van der Waals surface area (Å²) in [6.07, 6.45) is 7.13. The minimum Gasteiger partial charge on any atom is -0.359 e. The number of nitrogens with one attached hydrogen (secondary N) is 2. The van der Waals surface area contributed by atoms with Crippen LogP contribution in [0, 0.1) is 0 Å². The highest BCUT2D eigenvalue weighted by Crippen LogP contribution is 2.27. The lowest BCUT2D eigenvalue weighted by molar-refractivity contribution is 0.194. The summed E-state index contributed by atoms with van der Waals surface area (Å²) in [5, 5.41) is 8.88. The van der Waals surface area contributed by atoms with E-state index in [1.807, 2.05) is 0 Å². The van der Waals surface area contributed by atoms with Crippen molar-refractivity contribution in [2.45, 2.75) is 44.7 Å². The van der Waals surface area contributed by atoms with E-state index < -0.39 is 0 Å². The number of H-pyrrole nitrogens is 1. The molecule has 5 rings (SSSR count). The molecule has 1 saturated heterocycles. The van der Waals surface area contributed by atoms with Crippen LogP contribution < -0.4 is 21.6 Å². The van der Waals surface area contributed by atoms with Gasteiger partial charge in [0, 0.05) is 47.0 Å². The van der Waals surface area contributed by atoms with Gasteiger partial charge in [-0.05, 0) is 50.3 Å². The van der Waals surface area contributed by atoms with E-state index in [0.29, 0.717) is 27.4 Å². The van der Waals surface area contributed by atoms with Crippen LogP contribution in [0.1, 0.15) is 37.9 Å². The van der Waals surface area contributed by atoms with E-state index in [2.05, 4.69) is 25.3 Å². The standard InChI is InChI=1S/C14H14Cl2N4O2.C9H13N3O/c15-9-3-8(4-10(16)5-9)13-6-12(22-19-13)7-18-14(21)20(17)11-1-2-11;13-8-4-5-10-9(11-8)12-6-2-1-3-7-12/h3-6,11H,1-2,7,17H2,(H,18,21);4-5H,1-3,6-7H2,(H,10,11,13). The lowest BCUT2D eigenvalue weighted by Gasteiger charge is -2.26. The Morgan fingerprint density at radius 1 is 1.17 bits per heavy atom. The highest BCUT2D eigenvalue weighted by molar-refractivity contribution is 6.35. The first-order chi connectivity index (χ1) is 16.9. The number of halogens is 2. The predicted molar refractivity (Wildman–Crippen MR) is 134 cm³/mol. The maximum Gasteiger partial charge on any atom is 0.332 e. The summed E-state index contributed by atoms with van der Waals surface area (Å²) in [5.41, 5.74) is 1.27. The summed E-state index contributed by atoms with van der Waals surface area (Å²) in [5.74, 6) is 6.89. The van der Waals surface area contributed by atoms with Gasteiger partial charge in [-0.25, -0.2) is 15.6 Å². The van der Waals surface area contributed by atoms with Crippen LogP contribution in [-0.2, 0) is 6.54 Å². The molecule has 1 aliphatic carbocycles. The number of nitrogens with two attached hydrogens (primary N) is 1. The highest BCUT2D eigenvalue weighted by atomic mass is 35.5. The fourth-order valence-electron chi connectivity index (χ4n) is 3.63. The summed E-state index contributed by atoms with van der Waals surface area (Å²) < 4.78 is 5.19. The molecule has 1 aliphatic heterocycles. The van der Waals surface area contributed by atoms with E-state index in [0.717, 1.165) is 31.5 Å². The first-order valence-electron chi connectivity index (χ1n) is 11.4. The molecule has 0 spiro atoms. The molecule has 0 radical (unpaired) electrons. The molecule has 4 N–H and O–H groups in total. The van der Waals surface area contributed by atoms with Gasteiger partial charge in [0.15, 0.2) is 5.76 Å². The molecular weight excluding hydrogens is 493 g/mol. The minimum absolute atomic E-state index is 0.0735. The van der Waals surface area contributed by atoms with Crippen molar-refractivity contribution in [2.24, 2.45) is 5.84 Å². The number of rotatable bonds is 5. The third-order valence-electron chi connectivity index (χ3n) is 5.62. The van der Waals surface area contributed by atoms with Gasteiger partial charge in [-0.1, -0.05) is 28.4 Å². The molecule has 35 heavy (non-hydrogen) atoms. The number of hydrogen-bond donors (Lipinski definition) is 3. The van der Waals surface area contributed by atoms with E-state index in [1.54, 1.807) is 30.5 Å². The number of nitrogens with zero attached hydrogens (tertiary/aromatic N) is 4. The van der Waals surface area contributed by atoms with Gasteiger partial charge in [0.05, 0.1) is 12.6 Å². The molecular formula is C23H27Cl2N7O3. The number of hydrazine groups is 1. The predicted octanol–water partition coefficient (Wildman–Crippen LogP) is 3.96. The Morgan fingerprint density at radius 2 is 1.89 bits per heavy atom. The summed E-state index contributed by atoms with van der Waals surface area (Å²) in [6, 6.07) is 8.10. The van der Waals surface area contributed by atoms with Crippen LogP contribution in [0.2, 0.25) is 10.0 Å². The molecule has 0 unspecified atom stereocenters. The quantitative estimate of drug-likeness (QED) is 0.264. The van der Waals surface area contributed by atoms with Gasteiger partial charge in [0.2, 0.25) is 5.95 Å². The Hall–Kier alpha value is -3.08. The molecule has 2 aliphatic rings. The Labute approximate surface area is 212 Å². The topological polar surface area (TPSA) is 133 Å². The average molecular weight is 520 g/mol. The van der Waals surface area contributed by atoms with Crippen molar-refractivity contribution in [3.8, 4) is 11.3 Å². The van der Waals surface area contributed by atoms with Gasteiger partial charge < -0.3 is 14.7 Å². The van der Waals surface area contributed by atoms with E-state index >= 15 is 0 Å². The normalized spacial score (nSPS) is 15.2. The van der Waals surface area contributed by atoms with Crippen molar-refractivity contribution < 1.29 is 9.32 Å². The Bertz CT molecular complexity index is 1190. The SMILES string of the molecule is NN(C(=O)NCc1cc(-c2cc(Cl)cc(Cl)c2)no1)C1CC1.O=c1ccnc(N2CCCCC2)[nH]1. The molecule has 2 fully saturated rings. The van der Waals surface area contributed by atoms with Crippen molar-refractivity contribution in [1.82, 2.24) is 25.5 Å². The number of amides is 2. The Balaban J connectivity index is 0.000000189. The van der Waals surface area contributed by atoms with Crippen molar-refractivity contribution in [3.05, 3.63) is 62.7 Å². The van der Waals surface area contributed by atoms with Crippen LogP contribution in [-0.4, -0.2) is 45.3 Å². The number of aromatic nitrogens is 3. The van der Waals surface area contributed by atoms with E-state index in [-0.39, 0.29) is 24.2 Å². The molecule has 3 heterocycles. The number of carbonyl (C=O) groups excluding carboxylic acids is 1. The monoisotopic (exact) mass is 519 g/mol. The summed E-state index contributed by atoms with van der Waals surface area (Å²) >= 11 is 11.9. The smallest absolute Gasteiger partial charge is 0.332 e. The van der Waals surface area contributed by atoms with Crippen molar-refractivity contribution in [2.75, 3.05) is 18.0 Å². The van der Waals surface area contributed by atoms with Crippen LogP contribution in [0.4, 0.5) is 10.7 Å². The second kappa shape index (κ2) is 11.6. The van der Waals surface area contributed by atoms with E-state index in [9.17, 15) is 9.59 Å². The Kier molecular flexibility index (Phi) is 8.27. The number of piperidine rings is 1. The van der Waals surface area contributed by atoms with Gasteiger partial charge in [-0.3, -0.25) is 14.8 Å². The van der Waals surface area contributed by atoms with Crippen LogP contribution in [0.25, 0.3) is 11.3 Å². The van der Waals surface area contributed by atoms with Gasteiger partial charge in [-0.2, -0.15) is 0 Å². The third kappa shape index (κ3) is 7.20. The minimum atomic E-state index is -0.328. The molecule has 186 valence electrons. The molecule has 3 aromatic rings. The second-order valence-electron chi connectivity index (χ2n) is 8.44. The van der Waals surface area contributed by atoms with E-state index in [1.165, 1.54) is 30.3 Å². The zero-order chi connectivity index (χ0) is 24.8. The van der Waals surface area contributed by atoms with E-state index in [4.69, 9.17) is 33.6 Å². The fraction of sp³-hybridized carbons (Fsp3) is 0.391. The number of urea groups is 1. The summed E-state index contributed by atoms with van der Waals surface area (Å²) in [7, 11) is 0. The summed E-state index contributed by atoms with van der Waals surface area (Å²) in [4.78, 5) is 31.8. The zero-order valence-electron chi connectivity index (χ0n) is 19.0. The number of carbonyl (C=O) groups is 1. The molecule has 0 atom stereocenters. The zero-order valence-corrected chi connectivity index (χ0v) is 20.6. The number of anilines is 1. The molecule has 12 heteroatoms. The number of aromatic amines is 1. The molecule has 1 aromatic carbocycles. The van der Waals surface area contributed by atoms with Crippen LogP contribution in [0.5, 0.6) is 0 Å². The fourth-order valence-corrected chi connectivity index (χ4v) is 4.16. The molecule has 1 saturated carbocycles. The summed E-state index contributed by atoms with van der Waals surface area (Å²) in [6.45, 7) is 2.22. The molecule has 2 amide bonds. The molecule has 10 nitrogen and oxygen atoms in total. The van der Waals surface area contributed by atoms with Crippen LogP contribution in [0.3, 0.4) is 0 Å². The maximum absolute atomic E-state index is 11.8.